The summed E-state index contributed by atoms with van der Waals surface area (Å²) in [6.07, 6.45) is 0. The SMILES string of the molecule is COC(=O)CN(C)Cc1c(F)c(F)c(F)c(F)c1F. The normalized spacial score (nSPS) is 10.9. The third-order valence-corrected chi connectivity index (χ3v) is 2.36. The highest BCUT2D eigenvalue weighted by molar-refractivity contribution is 5.71. The summed E-state index contributed by atoms with van der Waals surface area (Å²) in [7, 11) is 2.38. The number of rotatable bonds is 4. The molecule has 0 spiro atoms. The van der Waals surface area contributed by atoms with Gasteiger partial charge < -0.3 is 4.74 Å². The van der Waals surface area contributed by atoms with Gasteiger partial charge >= 0.3 is 5.97 Å². The van der Waals surface area contributed by atoms with Crippen LogP contribution in [-0.2, 0) is 16.1 Å². The maximum absolute atomic E-state index is 13.3. The molecule has 0 unspecified atom stereocenters. The van der Waals surface area contributed by atoms with Crippen molar-refractivity contribution < 1.29 is 31.5 Å². The summed E-state index contributed by atoms with van der Waals surface area (Å²) in [6.45, 7) is -0.975. The first-order valence-electron chi connectivity index (χ1n) is 5.05. The van der Waals surface area contributed by atoms with E-state index in [1.165, 1.54) is 7.05 Å². The van der Waals surface area contributed by atoms with E-state index in [9.17, 15) is 26.7 Å². The number of benzene rings is 1. The molecule has 106 valence electrons. The smallest absolute Gasteiger partial charge is 0.319 e. The monoisotopic (exact) mass is 283 g/mol. The molecule has 0 N–H and O–H groups in total. The highest BCUT2D eigenvalue weighted by Crippen LogP contribution is 2.23. The van der Waals surface area contributed by atoms with Gasteiger partial charge in [0.2, 0.25) is 5.82 Å². The van der Waals surface area contributed by atoms with Gasteiger partial charge in [-0.3, -0.25) is 9.69 Å². The van der Waals surface area contributed by atoms with Gasteiger partial charge in [0.15, 0.2) is 23.3 Å². The summed E-state index contributed by atoms with van der Waals surface area (Å²) in [4.78, 5) is 12.0. The average molecular weight is 283 g/mol. The average Bonchev–Trinajstić information content (AvgIpc) is 2.39. The lowest BCUT2D eigenvalue weighted by atomic mass is 10.1. The second kappa shape index (κ2) is 5.96. The van der Waals surface area contributed by atoms with Crippen molar-refractivity contribution in [2.45, 2.75) is 6.54 Å². The summed E-state index contributed by atoms with van der Waals surface area (Å²) in [6, 6.07) is 0. The van der Waals surface area contributed by atoms with Crippen molar-refractivity contribution in [2.24, 2.45) is 0 Å². The molecule has 0 saturated heterocycles. The highest BCUT2D eigenvalue weighted by Gasteiger charge is 2.26. The Morgan fingerprint density at radius 3 is 1.84 bits per heavy atom. The van der Waals surface area contributed by atoms with Crippen LogP contribution in [0.4, 0.5) is 22.0 Å². The molecule has 8 heteroatoms. The van der Waals surface area contributed by atoms with E-state index in [0.29, 0.717) is 0 Å². The van der Waals surface area contributed by atoms with E-state index >= 15 is 0 Å². The minimum atomic E-state index is -2.21. The Morgan fingerprint density at radius 2 is 1.42 bits per heavy atom. The molecule has 19 heavy (non-hydrogen) atoms. The van der Waals surface area contributed by atoms with Gasteiger partial charge in [-0.15, -0.1) is 0 Å². The van der Waals surface area contributed by atoms with Crippen LogP contribution >= 0.6 is 0 Å². The molecule has 0 aromatic heterocycles. The van der Waals surface area contributed by atoms with Gasteiger partial charge in [0.1, 0.15) is 0 Å². The topological polar surface area (TPSA) is 29.5 Å². The number of halogens is 5. The van der Waals surface area contributed by atoms with Crippen molar-refractivity contribution in [3.05, 3.63) is 34.6 Å². The van der Waals surface area contributed by atoms with Crippen molar-refractivity contribution in [3.63, 3.8) is 0 Å². The van der Waals surface area contributed by atoms with E-state index < -0.39 is 47.2 Å². The Bertz CT molecular complexity index is 477. The predicted octanol–water partition coefficient (Wildman–Crippen LogP) is 1.99. The first kappa shape index (κ1) is 15.4. The van der Waals surface area contributed by atoms with Crippen LogP contribution in [0.2, 0.25) is 0 Å². The summed E-state index contributed by atoms with van der Waals surface area (Å²) >= 11 is 0. The number of likely N-dealkylation sites (N-methyl/N-ethyl adjacent to an activating group) is 1. The zero-order chi connectivity index (χ0) is 14.7. The number of hydrogen-bond acceptors (Lipinski definition) is 3. The molecule has 0 aliphatic rings. The lowest BCUT2D eigenvalue weighted by Gasteiger charge is -2.16. The Hall–Kier alpha value is -1.70. The van der Waals surface area contributed by atoms with Gasteiger partial charge in [0.05, 0.1) is 13.7 Å². The van der Waals surface area contributed by atoms with Crippen LogP contribution in [0.25, 0.3) is 0 Å². The molecule has 0 fully saturated rings. The third-order valence-electron chi connectivity index (χ3n) is 2.36. The Morgan fingerprint density at radius 1 is 1.00 bits per heavy atom. The minimum Gasteiger partial charge on any atom is -0.468 e. The van der Waals surface area contributed by atoms with Crippen molar-refractivity contribution in [2.75, 3.05) is 20.7 Å². The molecule has 0 aliphatic heterocycles. The lowest BCUT2D eigenvalue weighted by molar-refractivity contribution is -0.141. The number of hydrogen-bond donors (Lipinski definition) is 0. The summed E-state index contributed by atoms with van der Waals surface area (Å²) < 4.78 is 69.6. The quantitative estimate of drug-likeness (QED) is 0.366. The fraction of sp³-hybridized carbons (Fsp3) is 0.364. The molecule has 0 amide bonds. The largest absolute Gasteiger partial charge is 0.468 e. The minimum absolute atomic E-state index is 0.351. The van der Waals surface area contributed by atoms with Crippen LogP contribution in [0.1, 0.15) is 5.56 Å². The van der Waals surface area contributed by atoms with Crippen molar-refractivity contribution in [1.29, 1.82) is 0 Å². The van der Waals surface area contributed by atoms with Crippen LogP contribution in [0.3, 0.4) is 0 Å². The van der Waals surface area contributed by atoms with Crippen molar-refractivity contribution in [3.8, 4) is 0 Å². The van der Waals surface area contributed by atoms with E-state index in [1.54, 1.807) is 0 Å². The fourth-order valence-electron chi connectivity index (χ4n) is 1.40. The van der Waals surface area contributed by atoms with Crippen molar-refractivity contribution in [1.82, 2.24) is 4.90 Å². The highest BCUT2D eigenvalue weighted by atomic mass is 19.2. The molecule has 1 aromatic rings. The number of esters is 1. The molecule has 1 rings (SSSR count). The third kappa shape index (κ3) is 3.19. The number of carbonyl (C=O) groups excluding carboxylic acids is 1. The Labute approximate surface area is 105 Å². The number of methoxy groups -OCH3 is 1. The molecular formula is C11H10F5NO2. The molecule has 0 radical (unpaired) electrons. The fourth-order valence-corrected chi connectivity index (χ4v) is 1.40. The second-order valence-corrected chi connectivity index (χ2v) is 3.80. The zero-order valence-corrected chi connectivity index (χ0v) is 10.1. The molecular weight excluding hydrogens is 273 g/mol. The second-order valence-electron chi connectivity index (χ2n) is 3.80. The van der Waals surface area contributed by atoms with Crippen molar-refractivity contribution >= 4 is 5.97 Å². The van der Waals surface area contributed by atoms with Gasteiger partial charge in [-0.1, -0.05) is 0 Å². The lowest BCUT2D eigenvalue weighted by Crippen LogP contribution is -2.27. The maximum Gasteiger partial charge on any atom is 0.319 e. The number of carbonyl (C=O) groups is 1. The molecule has 0 aliphatic carbocycles. The maximum atomic E-state index is 13.3. The van der Waals surface area contributed by atoms with Crippen LogP contribution in [0, 0.1) is 29.1 Å². The first-order valence-corrected chi connectivity index (χ1v) is 5.05. The van der Waals surface area contributed by atoms with Gasteiger partial charge in [0.25, 0.3) is 0 Å². The van der Waals surface area contributed by atoms with E-state index in [-0.39, 0.29) is 6.54 Å². The van der Waals surface area contributed by atoms with Gasteiger partial charge in [-0.25, -0.2) is 22.0 Å². The van der Waals surface area contributed by atoms with Crippen LogP contribution in [0.5, 0.6) is 0 Å². The predicted molar refractivity (Wildman–Crippen MR) is 54.6 cm³/mol. The van der Waals surface area contributed by atoms with Crippen LogP contribution in [-0.4, -0.2) is 31.6 Å². The van der Waals surface area contributed by atoms with Crippen LogP contribution < -0.4 is 0 Å². The molecule has 0 saturated carbocycles. The van der Waals surface area contributed by atoms with Gasteiger partial charge in [-0.2, -0.15) is 0 Å². The van der Waals surface area contributed by atoms with E-state index in [1.807, 2.05) is 0 Å². The van der Waals surface area contributed by atoms with E-state index in [0.717, 1.165) is 12.0 Å². The number of nitrogens with zero attached hydrogens (tertiary/aromatic N) is 1. The standard InChI is InChI=1S/C11H10F5NO2/c1-17(4-6(18)19-2)3-5-7(12)9(14)11(16)10(15)8(5)13/h3-4H2,1-2H3. The molecule has 0 heterocycles. The summed E-state index contributed by atoms with van der Waals surface area (Å²) in [5.41, 5.74) is -0.997. The number of ether oxygens (including phenoxy) is 1. The Kier molecular flexibility index (Phi) is 4.82. The molecule has 0 bridgehead atoms. The van der Waals surface area contributed by atoms with E-state index in [2.05, 4.69) is 4.74 Å². The van der Waals surface area contributed by atoms with E-state index in [4.69, 9.17) is 0 Å². The zero-order valence-electron chi connectivity index (χ0n) is 10.1. The summed E-state index contributed by atoms with van der Waals surface area (Å²) in [5, 5.41) is 0. The molecule has 0 atom stereocenters. The molecule has 3 nitrogen and oxygen atoms in total. The Balaban J connectivity index is 3.05. The van der Waals surface area contributed by atoms with Crippen LogP contribution in [0.15, 0.2) is 0 Å². The molecule has 1 aromatic carbocycles. The van der Waals surface area contributed by atoms with Gasteiger partial charge in [-0.05, 0) is 7.05 Å². The first-order chi connectivity index (χ1) is 8.79. The summed E-state index contributed by atoms with van der Waals surface area (Å²) in [5.74, 6) is -10.8. The van der Waals surface area contributed by atoms with Gasteiger partial charge in [0, 0.05) is 12.1 Å².